The van der Waals surface area contributed by atoms with Crippen molar-refractivity contribution in [1.82, 2.24) is 0 Å². The van der Waals surface area contributed by atoms with Gasteiger partial charge in [-0.3, -0.25) is 4.99 Å². The molecule has 2 rings (SSSR count). The third-order valence-corrected chi connectivity index (χ3v) is 3.20. The average Bonchev–Trinajstić information content (AvgIpc) is 3.10. The van der Waals surface area contributed by atoms with E-state index in [4.69, 9.17) is 10.8 Å². The Morgan fingerprint density at radius 2 is 2.00 bits per heavy atom. The number of benzene rings is 1. The maximum Gasteiger partial charge on any atom is 0.193 e. The Morgan fingerprint density at radius 1 is 1.39 bits per heavy atom. The number of aliphatic hydroxyl groups excluding tert-OH is 1. The van der Waals surface area contributed by atoms with Gasteiger partial charge in [-0.05, 0) is 31.9 Å². The summed E-state index contributed by atoms with van der Waals surface area (Å²) in [6.45, 7) is 2.85. The van der Waals surface area contributed by atoms with Gasteiger partial charge in [-0.15, -0.1) is 24.0 Å². The summed E-state index contributed by atoms with van der Waals surface area (Å²) in [6, 6.07) is 7.98. The lowest BCUT2D eigenvalue weighted by molar-refractivity contribution is 0.217. The van der Waals surface area contributed by atoms with Gasteiger partial charge in [-0.25, -0.2) is 0 Å². The van der Waals surface area contributed by atoms with E-state index in [0.717, 1.165) is 18.5 Å². The van der Waals surface area contributed by atoms with E-state index in [0.29, 0.717) is 12.5 Å². The summed E-state index contributed by atoms with van der Waals surface area (Å²) < 4.78 is 0. The van der Waals surface area contributed by atoms with Crippen LogP contribution in [-0.2, 0) is 0 Å². The monoisotopic (exact) mass is 361 g/mol. The molecule has 1 aromatic rings. The Morgan fingerprint density at radius 3 is 2.50 bits per heavy atom. The number of guanidine groups is 1. The number of halogens is 1. The molecule has 1 saturated carbocycles. The third kappa shape index (κ3) is 4.13. The first-order valence-corrected chi connectivity index (χ1v) is 5.88. The number of hydrogen-bond acceptors (Lipinski definition) is 2. The second-order valence-corrected chi connectivity index (χ2v) is 4.85. The van der Waals surface area contributed by atoms with Crippen molar-refractivity contribution in [1.29, 1.82) is 0 Å². The molecule has 1 aliphatic carbocycles. The zero-order valence-corrected chi connectivity index (χ0v) is 12.8. The van der Waals surface area contributed by atoms with Gasteiger partial charge in [-0.2, -0.15) is 0 Å². The van der Waals surface area contributed by atoms with E-state index in [9.17, 15) is 0 Å². The molecule has 18 heavy (non-hydrogen) atoms. The molecule has 0 aliphatic heterocycles. The highest BCUT2D eigenvalue weighted by molar-refractivity contribution is 14.0. The molecule has 0 saturated heterocycles. The highest BCUT2D eigenvalue weighted by atomic mass is 127. The molecule has 4 N–H and O–H groups in total. The van der Waals surface area contributed by atoms with Crippen LogP contribution in [-0.4, -0.2) is 24.2 Å². The first-order valence-electron chi connectivity index (χ1n) is 5.88. The van der Waals surface area contributed by atoms with E-state index in [2.05, 4.69) is 10.3 Å². The van der Waals surface area contributed by atoms with Crippen LogP contribution in [0.1, 0.15) is 18.4 Å². The van der Waals surface area contributed by atoms with E-state index in [-0.39, 0.29) is 36.0 Å². The normalized spacial score (nSPS) is 16.9. The lowest BCUT2D eigenvalue weighted by atomic mass is 10.1. The molecule has 0 amide bonds. The van der Waals surface area contributed by atoms with Crippen molar-refractivity contribution in [2.45, 2.75) is 19.8 Å². The molecule has 0 bridgehead atoms. The first-order chi connectivity index (χ1) is 8.13. The molecule has 5 heteroatoms. The van der Waals surface area contributed by atoms with E-state index >= 15 is 0 Å². The van der Waals surface area contributed by atoms with Crippen LogP contribution in [0.2, 0.25) is 0 Å². The molecule has 0 aromatic heterocycles. The van der Waals surface area contributed by atoms with Gasteiger partial charge in [0.15, 0.2) is 5.96 Å². The Balaban J connectivity index is 0.00000162. The summed E-state index contributed by atoms with van der Waals surface area (Å²) >= 11 is 0. The van der Waals surface area contributed by atoms with Crippen molar-refractivity contribution in [3.05, 3.63) is 29.8 Å². The summed E-state index contributed by atoms with van der Waals surface area (Å²) in [5.74, 6) is 0.411. The van der Waals surface area contributed by atoms with Crippen molar-refractivity contribution in [2.24, 2.45) is 16.1 Å². The van der Waals surface area contributed by atoms with Crippen LogP contribution in [0.25, 0.3) is 0 Å². The van der Waals surface area contributed by atoms with Gasteiger partial charge >= 0.3 is 0 Å². The average molecular weight is 361 g/mol. The summed E-state index contributed by atoms with van der Waals surface area (Å²) in [7, 11) is 0. The van der Waals surface area contributed by atoms with Crippen LogP contribution in [0.15, 0.2) is 29.3 Å². The number of aryl methyl sites for hydroxylation is 1. The van der Waals surface area contributed by atoms with E-state index in [1.807, 2.05) is 31.2 Å². The summed E-state index contributed by atoms with van der Waals surface area (Å²) in [5.41, 5.74) is 7.95. The van der Waals surface area contributed by atoms with Gasteiger partial charge in [0, 0.05) is 11.1 Å². The zero-order valence-electron chi connectivity index (χ0n) is 10.5. The fourth-order valence-electron chi connectivity index (χ4n) is 1.62. The molecule has 1 fully saturated rings. The van der Waals surface area contributed by atoms with E-state index in [1.165, 1.54) is 5.56 Å². The smallest absolute Gasteiger partial charge is 0.193 e. The fraction of sp³-hybridized carbons (Fsp3) is 0.462. The summed E-state index contributed by atoms with van der Waals surface area (Å²) in [6.07, 6.45) is 2.09. The number of nitrogens with two attached hydrogens (primary N) is 1. The number of aliphatic hydroxyl groups is 1. The number of rotatable bonds is 4. The van der Waals surface area contributed by atoms with Gasteiger partial charge in [0.1, 0.15) is 0 Å². The fourth-order valence-corrected chi connectivity index (χ4v) is 1.62. The molecule has 1 aliphatic rings. The second-order valence-electron chi connectivity index (χ2n) is 4.85. The van der Waals surface area contributed by atoms with Crippen molar-refractivity contribution in [3.63, 3.8) is 0 Å². The topological polar surface area (TPSA) is 70.6 Å². The minimum atomic E-state index is 0. The molecule has 0 heterocycles. The van der Waals surface area contributed by atoms with Gasteiger partial charge < -0.3 is 16.2 Å². The maximum atomic E-state index is 9.16. The van der Waals surface area contributed by atoms with Gasteiger partial charge in [0.25, 0.3) is 0 Å². The number of nitrogens with zero attached hydrogens (tertiary/aromatic N) is 1. The largest absolute Gasteiger partial charge is 0.396 e. The SMILES string of the molecule is Cc1ccc(NC(N)=NCC2(CO)CC2)cc1.I. The molecule has 0 atom stereocenters. The predicted octanol–water partition coefficient (Wildman–Crippen LogP) is 2.11. The molecule has 1 aromatic carbocycles. The Bertz CT molecular complexity index is 413. The van der Waals surface area contributed by atoms with Crippen LogP contribution in [0, 0.1) is 12.3 Å². The number of hydrogen-bond donors (Lipinski definition) is 3. The van der Waals surface area contributed by atoms with Crippen LogP contribution >= 0.6 is 24.0 Å². The quantitative estimate of drug-likeness (QED) is 0.437. The van der Waals surface area contributed by atoms with Crippen LogP contribution in [0.4, 0.5) is 5.69 Å². The molecule has 4 nitrogen and oxygen atoms in total. The van der Waals surface area contributed by atoms with Gasteiger partial charge in [0.2, 0.25) is 0 Å². The molecular weight excluding hydrogens is 341 g/mol. The molecular formula is C13H20IN3O. The minimum Gasteiger partial charge on any atom is -0.396 e. The minimum absolute atomic E-state index is 0. The first kappa shape index (κ1) is 15.2. The Hall–Kier alpha value is -0.820. The van der Waals surface area contributed by atoms with Crippen molar-refractivity contribution in [2.75, 3.05) is 18.5 Å². The Kier molecular flexibility index (Phi) is 5.40. The molecule has 0 unspecified atom stereocenters. The highest BCUT2D eigenvalue weighted by Gasteiger charge is 2.41. The standard InChI is InChI=1S/C13H19N3O.HI/c1-10-2-4-11(5-3-10)16-12(14)15-8-13(9-17)6-7-13;/h2-5,17H,6-9H2,1H3,(H3,14,15,16);1H. The lowest BCUT2D eigenvalue weighted by Gasteiger charge is -2.09. The molecule has 0 radical (unpaired) electrons. The van der Waals surface area contributed by atoms with Crippen LogP contribution in [0.5, 0.6) is 0 Å². The lowest BCUT2D eigenvalue weighted by Crippen LogP contribution is -2.24. The number of aliphatic imine (C=N–C) groups is 1. The van der Waals surface area contributed by atoms with E-state index in [1.54, 1.807) is 0 Å². The zero-order chi connectivity index (χ0) is 12.3. The summed E-state index contributed by atoms with van der Waals surface area (Å²) in [4.78, 5) is 4.27. The van der Waals surface area contributed by atoms with Gasteiger partial charge in [-0.1, -0.05) is 17.7 Å². The predicted molar refractivity (Wildman–Crippen MR) is 85.5 cm³/mol. The number of anilines is 1. The van der Waals surface area contributed by atoms with Crippen LogP contribution in [0.3, 0.4) is 0 Å². The van der Waals surface area contributed by atoms with Crippen molar-refractivity contribution < 1.29 is 5.11 Å². The second kappa shape index (κ2) is 6.38. The van der Waals surface area contributed by atoms with Crippen LogP contribution < -0.4 is 11.1 Å². The molecule has 100 valence electrons. The van der Waals surface area contributed by atoms with Crippen molar-refractivity contribution >= 4 is 35.6 Å². The summed E-state index contributed by atoms with van der Waals surface area (Å²) in [5, 5.41) is 12.2. The Labute approximate surface area is 125 Å². The van der Waals surface area contributed by atoms with E-state index < -0.39 is 0 Å². The van der Waals surface area contributed by atoms with Crippen molar-refractivity contribution in [3.8, 4) is 0 Å². The number of nitrogens with one attached hydrogen (secondary N) is 1. The molecule has 0 spiro atoms. The third-order valence-electron chi connectivity index (χ3n) is 3.20. The van der Waals surface area contributed by atoms with Gasteiger partial charge in [0.05, 0.1) is 13.2 Å². The highest BCUT2D eigenvalue weighted by Crippen LogP contribution is 2.45. The maximum absolute atomic E-state index is 9.16.